The molecule has 0 aromatic heterocycles. The van der Waals surface area contributed by atoms with Crippen LogP contribution < -0.4 is 10.1 Å². The Kier molecular flexibility index (Phi) is 8.08. The van der Waals surface area contributed by atoms with Crippen LogP contribution >= 0.6 is 0 Å². The number of hydrogen-bond donors (Lipinski definition) is 1. The first-order valence-corrected chi connectivity index (χ1v) is 11.9. The summed E-state index contributed by atoms with van der Waals surface area (Å²) in [5.74, 6) is -1.64. The zero-order valence-corrected chi connectivity index (χ0v) is 20.9. The maximum Gasteiger partial charge on any atom is 0.343 e. The molecule has 0 saturated carbocycles. The van der Waals surface area contributed by atoms with Gasteiger partial charge in [-0.05, 0) is 80.6 Å². The Bertz CT molecular complexity index is 1470. The molecule has 0 saturated heterocycles. The lowest BCUT2D eigenvalue weighted by Gasteiger charge is -2.09. The highest BCUT2D eigenvalue weighted by Gasteiger charge is 2.14. The molecule has 0 spiro atoms. The van der Waals surface area contributed by atoms with E-state index in [0.29, 0.717) is 22.4 Å². The van der Waals surface area contributed by atoms with Gasteiger partial charge in [0.05, 0.1) is 11.1 Å². The summed E-state index contributed by atoms with van der Waals surface area (Å²) < 4.78 is 10.5. The normalized spacial score (nSPS) is 10.4. The van der Waals surface area contributed by atoms with Gasteiger partial charge in [-0.3, -0.25) is 9.59 Å². The van der Waals surface area contributed by atoms with Crippen LogP contribution in [-0.2, 0) is 4.74 Å². The Labute approximate surface area is 220 Å². The fraction of sp³-hybridized carbons (Fsp3) is 0.0968. The molecule has 190 valence electrons. The zero-order chi connectivity index (χ0) is 27.1. The minimum Gasteiger partial charge on any atom is -0.454 e. The van der Waals surface area contributed by atoms with Crippen LogP contribution in [0.5, 0.6) is 5.75 Å². The van der Waals surface area contributed by atoms with Crippen LogP contribution in [0.15, 0.2) is 97.1 Å². The highest BCUT2D eigenvalue weighted by molar-refractivity contribution is 6.05. The molecular weight excluding hydrogens is 482 g/mol. The monoisotopic (exact) mass is 507 g/mol. The van der Waals surface area contributed by atoms with Crippen LogP contribution in [-0.4, -0.2) is 30.2 Å². The van der Waals surface area contributed by atoms with Crippen molar-refractivity contribution in [2.24, 2.45) is 0 Å². The van der Waals surface area contributed by atoms with Crippen LogP contribution in [0.3, 0.4) is 0 Å². The van der Waals surface area contributed by atoms with Gasteiger partial charge in [-0.25, -0.2) is 9.59 Å². The maximum absolute atomic E-state index is 12.5. The van der Waals surface area contributed by atoms with Crippen LogP contribution in [0.2, 0.25) is 0 Å². The first kappa shape index (κ1) is 26.0. The topological polar surface area (TPSA) is 98.8 Å². The molecule has 0 unspecified atom stereocenters. The lowest BCUT2D eigenvalue weighted by atomic mass is 10.1. The summed E-state index contributed by atoms with van der Waals surface area (Å²) in [6.45, 7) is 3.38. The Morgan fingerprint density at radius 2 is 1.21 bits per heavy atom. The van der Waals surface area contributed by atoms with Crippen molar-refractivity contribution >= 4 is 29.3 Å². The van der Waals surface area contributed by atoms with Crippen molar-refractivity contribution in [2.45, 2.75) is 13.8 Å². The van der Waals surface area contributed by atoms with Crippen LogP contribution in [0.4, 0.5) is 5.69 Å². The number of nitrogens with one attached hydrogen (secondary N) is 1. The van der Waals surface area contributed by atoms with E-state index in [-0.39, 0.29) is 17.2 Å². The maximum atomic E-state index is 12.5. The fourth-order valence-electron chi connectivity index (χ4n) is 3.49. The second-order valence-corrected chi connectivity index (χ2v) is 8.68. The third kappa shape index (κ3) is 6.79. The number of esters is 2. The number of carbonyl (C=O) groups is 4. The average molecular weight is 508 g/mol. The highest BCUT2D eigenvalue weighted by Crippen LogP contribution is 2.17. The number of ketones is 1. The third-order valence-electron chi connectivity index (χ3n) is 5.68. The molecule has 0 aliphatic rings. The molecule has 4 rings (SSSR count). The fourth-order valence-corrected chi connectivity index (χ4v) is 3.49. The summed E-state index contributed by atoms with van der Waals surface area (Å²) in [4.78, 5) is 49.7. The number of aryl methyl sites for hydroxylation is 2. The van der Waals surface area contributed by atoms with E-state index in [9.17, 15) is 19.2 Å². The number of benzene rings is 4. The van der Waals surface area contributed by atoms with Gasteiger partial charge in [-0.2, -0.15) is 0 Å². The summed E-state index contributed by atoms with van der Waals surface area (Å²) >= 11 is 0. The lowest BCUT2D eigenvalue weighted by molar-refractivity contribution is 0.0474. The second kappa shape index (κ2) is 11.8. The molecule has 7 heteroatoms. The van der Waals surface area contributed by atoms with E-state index in [1.54, 1.807) is 36.4 Å². The smallest absolute Gasteiger partial charge is 0.343 e. The van der Waals surface area contributed by atoms with Crippen molar-refractivity contribution in [2.75, 3.05) is 11.9 Å². The van der Waals surface area contributed by atoms with Gasteiger partial charge >= 0.3 is 11.9 Å². The predicted molar refractivity (Wildman–Crippen MR) is 143 cm³/mol. The molecule has 0 atom stereocenters. The summed E-state index contributed by atoms with van der Waals surface area (Å²) in [7, 11) is 0. The lowest BCUT2D eigenvalue weighted by Crippen LogP contribution is -2.15. The van der Waals surface area contributed by atoms with Gasteiger partial charge < -0.3 is 14.8 Å². The standard InChI is InChI=1S/C31H25NO6/c1-20-6-10-23(11-7-20)29(34)32-26-5-3-4-25(18-26)30(35)37-19-28(33)22-14-16-27(17-15-22)38-31(36)24-12-8-21(2)9-13-24/h3-18H,19H2,1-2H3,(H,32,34). The number of rotatable bonds is 8. The third-order valence-corrected chi connectivity index (χ3v) is 5.68. The quantitative estimate of drug-likeness (QED) is 0.183. The molecule has 1 amide bonds. The van der Waals surface area contributed by atoms with Crippen molar-refractivity contribution in [1.29, 1.82) is 0 Å². The molecule has 0 fully saturated rings. The van der Waals surface area contributed by atoms with E-state index in [1.807, 2.05) is 38.1 Å². The van der Waals surface area contributed by atoms with Gasteiger partial charge in [0.25, 0.3) is 5.91 Å². The molecular formula is C31H25NO6. The molecule has 4 aromatic carbocycles. The van der Waals surface area contributed by atoms with E-state index in [4.69, 9.17) is 9.47 Å². The Balaban J connectivity index is 1.30. The zero-order valence-electron chi connectivity index (χ0n) is 20.9. The number of ether oxygens (including phenoxy) is 2. The van der Waals surface area contributed by atoms with E-state index in [0.717, 1.165) is 11.1 Å². The largest absolute Gasteiger partial charge is 0.454 e. The summed E-state index contributed by atoms with van der Waals surface area (Å²) in [6, 6.07) is 26.4. The van der Waals surface area contributed by atoms with Crippen molar-refractivity contribution in [1.82, 2.24) is 0 Å². The average Bonchev–Trinajstić information content (AvgIpc) is 2.92. The van der Waals surface area contributed by atoms with E-state index >= 15 is 0 Å². The molecule has 0 aliphatic heterocycles. The van der Waals surface area contributed by atoms with E-state index in [1.165, 1.54) is 36.4 Å². The number of amides is 1. The van der Waals surface area contributed by atoms with E-state index in [2.05, 4.69) is 5.32 Å². The second-order valence-electron chi connectivity index (χ2n) is 8.68. The van der Waals surface area contributed by atoms with Crippen molar-refractivity contribution in [3.05, 3.63) is 130 Å². The first-order valence-electron chi connectivity index (χ1n) is 11.9. The van der Waals surface area contributed by atoms with Crippen molar-refractivity contribution in [3.63, 3.8) is 0 Å². The molecule has 0 aliphatic carbocycles. The highest BCUT2D eigenvalue weighted by atomic mass is 16.5. The molecule has 0 heterocycles. The Hall–Kier alpha value is -5.04. The van der Waals surface area contributed by atoms with Gasteiger partial charge in [0.1, 0.15) is 5.75 Å². The molecule has 1 N–H and O–H groups in total. The van der Waals surface area contributed by atoms with Crippen LogP contribution in [0.25, 0.3) is 0 Å². The summed E-state index contributed by atoms with van der Waals surface area (Å²) in [5, 5.41) is 2.75. The SMILES string of the molecule is Cc1ccc(C(=O)Nc2cccc(C(=O)OCC(=O)c3ccc(OC(=O)c4ccc(C)cc4)cc3)c2)cc1. The predicted octanol–water partition coefficient (Wildman–Crippen LogP) is 5.81. The summed E-state index contributed by atoms with van der Waals surface area (Å²) in [6.07, 6.45) is 0. The van der Waals surface area contributed by atoms with Crippen LogP contribution in [0.1, 0.15) is 52.6 Å². The van der Waals surface area contributed by atoms with Crippen LogP contribution in [0, 0.1) is 13.8 Å². The van der Waals surface area contributed by atoms with Crippen molar-refractivity contribution < 1.29 is 28.7 Å². The Morgan fingerprint density at radius 3 is 1.84 bits per heavy atom. The molecule has 0 radical (unpaired) electrons. The Morgan fingerprint density at radius 1 is 0.632 bits per heavy atom. The van der Waals surface area contributed by atoms with Gasteiger partial charge in [0.15, 0.2) is 12.4 Å². The minimum atomic E-state index is -0.701. The first-order chi connectivity index (χ1) is 18.3. The van der Waals surface area contributed by atoms with Crippen molar-refractivity contribution in [3.8, 4) is 5.75 Å². The molecule has 7 nitrogen and oxygen atoms in total. The van der Waals surface area contributed by atoms with E-state index < -0.39 is 24.3 Å². The van der Waals surface area contributed by atoms with Gasteiger partial charge in [-0.1, -0.05) is 41.5 Å². The number of anilines is 1. The van der Waals surface area contributed by atoms with Gasteiger partial charge in [-0.15, -0.1) is 0 Å². The molecule has 38 heavy (non-hydrogen) atoms. The molecule has 4 aromatic rings. The van der Waals surface area contributed by atoms with Gasteiger partial charge in [0.2, 0.25) is 0 Å². The minimum absolute atomic E-state index is 0.192. The molecule has 0 bridgehead atoms. The number of carbonyl (C=O) groups excluding carboxylic acids is 4. The van der Waals surface area contributed by atoms with Gasteiger partial charge in [0, 0.05) is 16.8 Å². The number of Topliss-reactive ketones (excluding diaryl/α,β-unsaturated/α-hetero) is 1. The summed E-state index contributed by atoms with van der Waals surface area (Å²) in [5.41, 5.74) is 3.89. The number of hydrogen-bond acceptors (Lipinski definition) is 6.